The molecule has 1 amide bonds. The van der Waals surface area contributed by atoms with E-state index in [1.54, 1.807) is 7.11 Å². The van der Waals surface area contributed by atoms with Crippen molar-refractivity contribution in [3.8, 4) is 17.1 Å². The Hall–Kier alpha value is -4.18. The van der Waals surface area contributed by atoms with Gasteiger partial charge in [0.05, 0.1) is 18.0 Å². The summed E-state index contributed by atoms with van der Waals surface area (Å²) in [5, 5.41) is 4.46. The molecule has 4 heteroatoms. The van der Waals surface area contributed by atoms with Crippen LogP contribution in [-0.2, 0) is 4.79 Å². The second-order valence-corrected chi connectivity index (χ2v) is 8.01. The van der Waals surface area contributed by atoms with Crippen LogP contribution in [0.1, 0.15) is 11.1 Å². The first-order valence-corrected chi connectivity index (χ1v) is 10.5. The van der Waals surface area contributed by atoms with E-state index in [1.807, 2.05) is 85.8 Å². The lowest BCUT2D eigenvalue weighted by atomic mass is 9.94. The molecule has 6 rings (SSSR count). The SMILES string of the molecule is COc1ccc2ccc3oc(-c4ccccc4)c(C4=c5cc(C)ccc5=NC4=O)c3c2c1. The lowest BCUT2D eigenvalue weighted by molar-refractivity contribution is -0.112. The van der Waals surface area contributed by atoms with Gasteiger partial charge in [0.25, 0.3) is 5.91 Å². The number of amides is 1. The molecule has 0 N–H and O–H groups in total. The number of furan rings is 1. The minimum Gasteiger partial charge on any atom is -0.497 e. The quantitative estimate of drug-likeness (QED) is 0.418. The van der Waals surface area contributed by atoms with E-state index in [1.165, 1.54) is 0 Å². The number of aryl methyl sites for hydroxylation is 1. The van der Waals surface area contributed by atoms with Crippen LogP contribution < -0.4 is 15.3 Å². The fourth-order valence-corrected chi connectivity index (χ4v) is 4.52. The van der Waals surface area contributed by atoms with Crippen molar-refractivity contribution in [2.45, 2.75) is 6.92 Å². The molecule has 32 heavy (non-hydrogen) atoms. The molecule has 0 saturated carbocycles. The molecule has 0 bridgehead atoms. The number of ether oxygens (including phenoxy) is 1. The highest BCUT2D eigenvalue weighted by Crippen LogP contribution is 2.42. The summed E-state index contributed by atoms with van der Waals surface area (Å²) in [5.74, 6) is 1.18. The van der Waals surface area contributed by atoms with Crippen molar-refractivity contribution in [3.63, 3.8) is 0 Å². The van der Waals surface area contributed by atoms with E-state index in [-0.39, 0.29) is 5.91 Å². The lowest BCUT2D eigenvalue weighted by Gasteiger charge is -2.07. The summed E-state index contributed by atoms with van der Waals surface area (Å²) in [4.78, 5) is 17.6. The monoisotopic (exact) mass is 417 g/mol. The minimum absolute atomic E-state index is 0.245. The predicted molar refractivity (Wildman–Crippen MR) is 125 cm³/mol. The number of fused-ring (bicyclic) bond motifs is 4. The van der Waals surface area contributed by atoms with E-state index in [0.717, 1.165) is 49.4 Å². The third-order valence-corrected chi connectivity index (χ3v) is 6.02. The van der Waals surface area contributed by atoms with Gasteiger partial charge in [0.1, 0.15) is 17.1 Å². The third-order valence-electron chi connectivity index (χ3n) is 6.02. The zero-order valence-electron chi connectivity index (χ0n) is 17.7. The Morgan fingerprint density at radius 2 is 1.72 bits per heavy atom. The van der Waals surface area contributed by atoms with Crippen LogP contribution in [0.5, 0.6) is 5.75 Å². The molecule has 4 nitrogen and oxygen atoms in total. The normalized spacial score (nSPS) is 12.9. The summed E-state index contributed by atoms with van der Waals surface area (Å²) in [5.41, 5.74) is 4.07. The van der Waals surface area contributed by atoms with Gasteiger partial charge in [-0.1, -0.05) is 54.1 Å². The molecule has 0 radical (unpaired) electrons. The summed E-state index contributed by atoms with van der Waals surface area (Å²) in [6, 6.07) is 25.8. The summed E-state index contributed by atoms with van der Waals surface area (Å²) >= 11 is 0. The first kappa shape index (κ1) is 18.6. The molecule has 0 saturated heterocycles. The average Bonchev–Trinajstić information content (AvgIpc) is 3.35. The number of nitrogens with zero attached hydrogens (tertiary/aromatic N) is 1. The Kier molecular flexibility index (Phi) is 4.02. The second-order valence-electron chi connectivity index (χ2n) is 8.01. The Morgan fingerprint density at radius 1 is 0.906 bits per heavy atom. The molecule has 1 aliphatic heterocycles. The number of benzene rings is 4. The largest absolute Gasteiger partial charge is 0.497 e. The van der Waals surface area contributed by atoms with Crippen molar-refractivity contribution < 1.29 is 13.9 Å². The van der Waals surface area contributed by atoms with Gasteiger partial charge in [0.15, 0.2) is 0 Å². The van der Waals surface area contributed by atoms with Gasteiger partial charge in [-0.05, 0) is 48.0 Å². The van der Waals surface area contributed by atoms with E-state index in [9.17, 15) is 4.79 Å². The molecule has 5 aromatic rings. The zero-order valence-corrected chi connectivity index (χ0v) is 17.7. The van der Waals surface area contributed by atoms with E-state index >= 15 is 0 Å². The van der Waals surface area contributed by atoms with Crippen LogP contribution >= 0.6 is 0 Å². The van der Waals surface area contributed by atoms with Gasteiger partial charge in [-0.3, -0.25) is 4.79 Å². The molecular formula is C28H19NO3. The highest BCUT2D eigenvalue weighted by molar-refractivity contribution is 6.28. The maximum absolute atomic E-state index is 13.3. The van der Waals surface area contributed by atoms with E-state index < -0.39 is 0 Å². The van der Waals surface area contributed by atoms with Crippen molar-refractivity contribution in [2.24, 2.45) is 4.99 Å². The van der Waals surface area contributed by atoms with Gasteiger partial charge >= 0.3 is 0 Å². The van der Waals surface area contributed by atoms with Crippen molar-refractivity contribution in [1.82, 2.24) is 0 Å². The van der Waals surface area contributed by atoms with Gasteiger partial charge < -0.3 is 9.15 Å². The smallest absolute Gasteiger partial charge is 0.279 e. The molecule has 0 unspecified atom stereocenters. The summed E-state index contributed by atoms with van der Waals surface area (Å²) < 4.78 is 11.9. The number of hydrogen-bond acceptors (Lipinski definition) is 3. The van der Waals surface area contributed by atoms with E-state index in [0.29, 0.717) is 16.7 Å². The topological polar surface area (TPSA) is 51.8 Å². The fourth-order valence-electron chi connectivity index (χ4n) is 4.52. The first-order valence-electron chi connectivity index (χ1n) is 10.5. The van der Waals surface area contributed by atoms with Crippen molar-refractivity contribution in [3.05, 3.63) is 101 Å². The maximum atomic E-state index is 13.3. The van der Waals surface area contributed by atoms with Crippen molar-refractivity contribution in [2.75, 3.05) is 7.11 Å². The number of methoxy groups -OCH3 is 1. The summed E-state index contributed by atoms with van der Waals surface area (Å²) in [6.45, 7) is 2.02. The molecule has 0 fully saturated rings. The molecular weight excluding hydrogens is 398 g/mol. The van der Waals surface area contributed by atoms with Crippen LogP contribution in [0, 0.1) is 6.92 Å². The predicted octanol–water partition coefficient (Wildman–Crippen LogP) is 4.93. The fraction of sp³-hybridized carbons (Fsp3) is 0.0714. The van der Waals surface area contributed by atoms with Gasteiger partial charge in [-0.2, -0.15) is 0 Å². The van der Waals surface area contributed by atoms with Crippen molar-refractivity contribution >= 4 is 33.2 Å². The second kappa shape index (κ2) is 6.92. The van der Waals surface area contributed by atoms with Gasteiger partial charge in [0.2, 0.25) is 0 Å². The van der Waals surface area contributed by atoms with E-state index in [2.05, 4.69) is 4.99 Å². The maximum Gasteiger partial charge on any atom is 0.279 e. The molecule has 0 atom stereocenters. The van der Waals surface area contributed by atoms with Gasteiger partial charge in [-0.15, -0.1) is 0 Å². The molecule has 4 aromatic carbocycles. The van der Waals surface area contributed by atoms with Crippen LogP contribution in [-0.4, -0.2) is 13.0 Å². The first-order chi connectivity index (χ1) is 15.6. The number of carbonyl (C=O) groups is 1. The highest BCUT2D eigenvalue weighted by atomic mass is 16.5. The summed E-state index contributed by atoms with van der Waals surface area (Å²) in [7, 11) is 1.65. The van der Waals surface area contributed by atoms with Gasteiger partial charge in [-0.25, -0.2) is 4.99 Å². The zero-order chi connectivity index (χ0) is 21.8. The third kappa shape index (κ3) is 2.70. The Balaban J connectivity index is 1.85. The number of hydrogen-bond donors (Lipinski definition) is 0. The van der Waals surface area contributed by atoms with E-state index in [4.69, 9.17) is 9.15 Å². The summed E-state index contributed by atoms with van der Waals surface area (Å²) in [6.07, 6.45) is 0. The molecule has 1 aliphatic rings. The van der Waals surface area contributed by atoms with Crippen LogP contribution in [0.3, 0.4) is 0 Å². The number of carbonyl (C=O) groups excluding carboxylic acids is 1. The standard InChI is InChI=1S/C28H19NO3/c1-16-8-12-22-21(14-16)25(28(30)29-22)26-24-20-15-19(31-2)11-9-17(20)10-13-23(24)32-27(26)18-6-4-3-5-7-18/h3-15H,1-2H3. The van der Waals surface area contributed by atoms with Crippen LogP contribution in [0.15, 0.2) is 88.3 Å². The molecule has 0 aliphatic carbocycles. The average molecular weight is 417 g/mol. The minimum atomic E-state index is -0.245. The Labute approximate surface area is 184 Å². The molecule has 0 spiro atoms. The molecule has 2 heterocycles. The van der Waals surface area contributed by atoms with Crippen molar-refractivity contribution in [1.29, 1.82) is 0 Å². The van der Waals surface area contributed by atoms with Crippen LogP contribution in [0.25, 0.3) is 38.6 Å². The van der Waals surface area contributed by atoms with Gasteiger partial charge in [0, 0.05) is 21.7 Å². The van der Waals surface area contributed by atoms with Crippen LogP contribution in [0.4, 0.5) is 0 Å². The molecule has 154 valence electrons. The Morgan fingerprint density at radius 3 is 2.53 bits per heavy atom. The van der Waals surface area contributed by atoms with Crippen LogP contribution in [0.2, 0.25) is 0 Å². The number of rotatable bonds is 3. The lowest BCUT2D eigenvalue weighted by Crippen LogP contribution is -2.23. The Bertz CT molecular complexity index is 1680. The highest BCUT2D eigenvalue weighted by Gasteiger charge is 2.28. The molecule has 1 aromatic heterocycles.